The summed E-state index contributed by atoms with van der Waals surface area (Å²) in [5.74, 6) is 0.606. The number of nitrogens with one attached hydrogen (secondary N) is 1. The number of imidazole rings is 1. The Hall–Kier alpha value is -2.02. The molecule has 1 aromatic carbocycles. The number of phenolic OH excluding ortho intramolecular Hbond substituents is 1. The molecule has 0 aliphatic heterocycles. The van der Waals surface area contributed by atoms with Gasteiger partial charge in [-0.3, -0.25) is 0 Å². The van der Waals surface area contributed by atoms with Crippen molar-refractivity contribution in [2.45, 2.75) is 37.8 Å². The number of aliphatic hydroxyl groups excluding tert-OH is 1. The third-order valence-electron chi connectivity index (χ3n) is 4.72. The van der Waals surface area contributed by atoms with Crippen LogP contribution in [0.4, 0.5) is 5.82 Å². The fourth-order valence-electron chi connectivity index (χ4n) is 3.29. The van der Waals surface area contributed by atoms with E-state index in [1.165, 1.54) is 0 Å². The first-order valence-corrected chi connectivity index (χ1v) is 9.24. The van der Waals surface area contributed by atoms with Gasteiger partial charge in [-0.25, -0.2) is 9.50 Å². The molecule has 0 radical (unpaired) electrons. The number of aromatic hydroxyl groups is 1. The van der Waals surface area contributed by atoms with Crippen LogP contribution in [0.2, 0.25) is 10.0 Å². The lowest BCUT2D eigenvalue weighted by Gasteiger charge is -2.26. The summed E-state index contributed by atoms with van der Waals surface area (Å²) in [7, 11) is 0. The molecule has 8 heteroatoms. The lowest BCUT2D eigenvalue weighted by atomic mass is 9.93. The van der Waals surface area contributed by atoms with Crippen molar-refractivity contribution in [2.75, 3.05) is 5.32 Å². The van der Waals surface area contributed by atoms with E-state index in [-0.39, 0.29) is 21.9 Å². The van der Waals surface area contributed by atoms with Crippen LogP contribution in [0.25, 0.3) is 16.9 Å². The average Bonchev–Trinajstić information content (AvgIpc) is 3.04. The number of rotatable bonds is 3. The molecule has 4 rings (SSSR count). The molecule has 3 aromatic rings. The van der Waals surface area contributed by atoms with E-state index in [1.54, 1.807) is 22.8 Å². The Labute approximate surface area is 160 Å². The minimum absolute atomic E-state index is 0.138. The largest absolute Gasteiger partial charge is 0.505 e. The summed E-state index contributed by atoms with van der Waals surface area (Å²) in [5, 5.41) is 27.8. The summed E-state index contributed by atoms with van der Waals surface area (Å²) in [5.41, 5.74) is 2.15. The lowest BCUT2D eigenvalue weighted by Crippen LogP contribution is -2.28. The maximum Gasteiger partial charge on any atom is 0.154 e. The van der Waals surface area contributed by atoms with Gasteiger partial charge in [0, 0.05) is 11.6 Å². The van der Waals surface area contributed by atoms with Gasteiger partial charge in [-0.15, -0.1) is 5.10 Å². The van der Waals surface area contributed by atoms with E-state index in [0.717, 1.165) is 42.8 Å². The molecule has 0 unspecified atom stereocenters. The van der Waals surface area contributed by atoms with E-state index in [4.69, 9.17) is 23.2 Å². The molecule has 0 atom stereocenters. The normalized spacial score (nSPS) is 20.4. The van der Waals surface area contributed by atoms with Crippen LogP contribution in [-0.2, 0) is 0 Å². The molecule has 1 fully saturated rings. The number of aliphatic hydroxyl groups is 1. The standard InChI is InChI=1S/C18H18Cl2N4O2/c19-13-7-10(8-14(20)18(13)26)15-9-21-17-6-5-16(23-24(15)17)22-11-1-3-12(25)4-2-11/h5-9,11-12,25-26H,1-4H2,(H,22,23)/t11-,12-. The van der Waals surface area contributed by atoms with Crippen molar-refractivity contribution in [3.8, 4) is 17.0 Å². The zero-order valence-corrected chi connectivity index (χ0v) is 15.4. The highest BCUT2D eigenvalue weighted by molar-refractivity contribution is 6.37. The van der Waals surface area contributed by atoms with Crippen molar-refractivity contribution in [3.63, 3.8) is 0 Å². The van der Waals surface area contributed by atoms with Crippen molar-refractivity contribution >= 4 is 34.7 Å². The number of anilines is 1. The topological polar surface area (TPSA) is 82.7 Å². The van der Waals surface area contributed by atoms with Crippen LogP contribution >= 0.6 is 23.2 Å². The molecule has 1 aliphatic carbocycles. The van der Waals surface area contributed by atoms with Crippen LogP contribution in [0.1, 0.15) is 25.7 Å². The van der Waals surface area contributed by atoms with Gasteiger partial charge in [0.15, 0.2) is 11.4 Å². The molecule has 1 saturated carbocycles. The van der Waals surface area contributed by atoms with Crippen LogP contribution in [-0.4, -0.2) is 37.0 Å². The van der Waals surface area contributed by atoms with Gasteiger partial charge in [0.2, 0.25) is 0 Å². The Morgan fingerprint density at radius 1 is 1.08 bits per heavy atom. The predicted octanol–water partition coefficient (Wildman–Crippen LogP) is 4.12. The second kappa shape index (κ2) is 6.95. The molecule has 6 nitrogen and oxygen atoms in total. The molecule has 26 heavy (non-hydrogen) atoms. The van der Waals surface area contributed by atoms with Gasteiger partial charge in [0.25, 0.3) is 0 Å². The van der Waals surface area contributed by atoms with Crippen molar-refractivity contribution in [1.82, 2.24) is 14.6 Å². The number of hydrogen-bond acceptors (Lipinski definition) is 5. The van der Waals surface area contributed by atoms with E-state index >= 15 is 0 Å². The zero-order chi connectivity index (χ0) is 18.3. The molecule has 0 spiro atoms. The minimum atomic E-state index is -0.187. The molecule has 3 N–H and O–H groups in total. The van der Waals surface area contributed by atoms with Crippen LogP contribution < -0.4 is 5.32 Å². The molecule has 1 aliphatic rings. The first-order chi connectivity index (χ1) is 12.5. The molecule has 136 valence electrons. The molecule has 2 aromatic heterocycles. The highest BCUT2D eigenvalue weighted by atomic mass is 35.5. The molecule has 0 bridgehead atoms. The number of halogens is 2. The second-order valence-electron chi connectivity index (χ2n) is 6.57. The number of fused-ring (bicyclic) bond motifs is 1. The number of hydrogen-bond donors (Lipinski definition) is 3. The van der Waals surface area contributed by atoms with Crippen molar-refractivity contribution in [2.24, 2.45) is 0 Å². The first kappa shape index (κ1) is 17.4. The Morgan fingerprint density at radius 3 is 2.46 bits per heavy atom. The van der Waals surface area contributed by atoms with E-state index < -0.39 is 0 Å². The van der Waals surface area contributed by atoms with Gasteiger partial charge >= 0.3 is 0 Å². The Morgan fingerprint density at radius 2 is 1.77 bits per heavy atom. The van der Waals surface area contributed by atoms with E-state index in [1.807, 2.05) is 12.1 Å². The van der Waals surface area contributed by atoms with Crippen LogP contribution in [0.15, 0.2) is 30.5 Å². The molecule has 0 amide bonds. The Bertz CT molecular complexity index is 929. The highest BCUT2D eigenvalue weighted by Crippen LogP contribution is 2.36. The van der Waals surface area contributed by atoms with Gasteiger partial charge in [-0.05, 0) is 49.9 Å². The molecule has 2 heterocycles. The third-order valence-corrected chi connectivity index (χ3v) is 5.30. The SMILES string of the molecule is Oc1c(Cl)cc(-c2cnc3ccc(N[C@H]4CC[C@H](O)CC4)nn23)cc1Cl. The first-order valence-electron chi connectivity index (χ1n) is 8.49. The lowest BCUT2D eigenvalue weighted by molar-refractivity contribution is 0.126. The van der Waals surface area contributed by atoms with E-state index in [9.17, 15) is 10.2 Å². The smallest absolute Gasteiger partial charge is 0.154 e. The van der Waals surface area contributed by atoms with Crippen molar-refractivity contribution < 1.29 is 10.2 Å². The van der Waals surface area contributed by atoms with Gasteiger partial charge < -0.3 is 15.5 Å². The summed E-state index contributed by atoms with van der Waals surface area (Å²) < 4.78 is 1.72. The van der Waals surface area contributed by atoms with Gasteiger partial charge in [0.1, 0.15) is 5.82 Å². The average molecular weight is 393 g/mol. The highest BCUT2D eigenvalue weighted by Gasteiger charge is 2.20. The molecular weight excluding hydrogens is 375 g/mol. The second-order valence-corrected chi connectivity index (χ2v) is 7.38. The summed E-state index contributed by atoms with van der Waals surface area (Å²) in [6.07, 6.45) is 4.96. The predicted molar refractivity (Wildman–Crippen MR) is 102 cm³/mol. The number of benzene rings is 1. The fourth-order valence-corrected chi connectivity index (χ4v) is 3.78. The maximum absolute atomic E-state index is 9.76. The van der Waals surface area contributed by atoms with Crippen LogP contribution in [0.5, 0.6) is 5.75 Å². The maximum atomic E-state index is 9.76. The van der Waals surface area contributed by atoms with E-state index in [0.29, 0.717) is 11.7 Å². The monoisotopic (exact) mass is 392 g/mol. The van der Waals surface area contributed by atoms with Gasteiger partial charge in [-0.2, -0.15) is 0 Å². The van der Waals surface area contributed by atoms with Gasteiger partial charge in [-0.1, -0.05) is 23.2 Å². The third kappa shape index (κ3) is 3.32. The minimum Gasteiger partial charge on any atom is -0.505 e. The number of aromatic nitrogens is 3. The fraction of sp³-hybridized carbons (Fsp3) is 0.333. The summed E-state index contributed by atoms with van der Waals surface area (Å²) in [6, 6.07) is 7.36. The summed E-state index contributed by atoms with van der Waals surface area (Å²) in [4.78, 5) is 4.37. The van der Waals surface area contributed by atoms with E-state index in [2.05, 4.69) is 15.4 Å². The number of phenols is 1. The van der Waals surface area contributed by atoms with Crippen molar-refractivity contribution in [3.05, 3.63) is 40.5 Å². The van der Waals surface area contributed by atoms with Crippen LogP contribution in [0, 0.1) is 0 Å². The zero-order valence-electron chi connectivity index (χ0n) is 13.9. The van der Waals surface area contributed by atoms with Gasteiger partial charge in [0.05, 0.1) is 28.0 Å². The summed E-state index contributed by atoms with van der Waals surface area (Å²) >= 11 is 12.1. The summed E-state index contributed by atoms with van der Waals surface area (Å²) in [6.45, 7) is 0. The Balaban J connectivity index is 1.67. The quantitative estimate of drug-likeness (QED) is 0.624. The molecular formula is C18H18Cl2N4O2. The van der Waals surface area contributed by atoms with Crippen LogP contribution in [0.3, 0.4) is 0 Å². The molecule has 0 saturated heterocycles. The number of nitrogens with zero attached hydrogens (tertiary/aromatic N) is 3. The van der Waals surface area contributed by atoms with Crippen molar-refractivity contribution in [1.29, 1.82) is 0 Å². The Kier molecular flexibility index (Phi) is 4.65.